The van der Waals surface area contributed by atoms with Gasteiger partial charge in [-0.25, -0.2) is 0 Å². The SMILES string of the molecule is CC(NC1CCCCC1)C(=O)O.NC(Cc1ccc(O)cc1)C(=O)O. The Morgan fingerprint density at radius 2 is 1.68 bits per heavy atom. The van der Waals surface area contributed by atoms with Crippen molar-refractivity contribution < 1.29 is 24.9 Å². The van der Waals surface area contributed by atoms with Crippen molar-refractivity contribution in [1.82, 2.24) is 5.32 Å². The van der Waals surface area contributed by atoms with Crippen molar-refractivity contribution in [3.8, 4) is 5.75 Å². The fourth-order valence-electron chi connectivity index (χ4n) is 2.67. The molecule has 2 unspecified atom stereocenters. The third-order valence-corrected chi connectivity index (χ3v) is 4.17. The maximum atomic E-state index is 10.5. The lowest BCUT2D eigenvalue weighted by atomic mass is 9.95. The van der Waals surface area contributed by atoms with E-state index >= 15 is 0 Å². The number of rotatable bonds is 6. The van der Waals surface area contributed by atoms with Crippen LogP contribution in [0.2, 0.25) is 0 Å². The number of hydrogen-bond donors (Lipinski definition) is 5. The molecular weight excluding hydrogens is 324 g/mol. The van der Waals surface area contributed by atoms with Crippen molar-refractivity contribution in [1.29, 1.82) is 0 Å². The van der Waals surface area contributed by atoms with Crippen molar-refractivity contribution in [3.63, 3.8) is 0 Å². The lowest BCUT2D eigenvalue weighted by molar-refractivity contribution is -0.139. The van der Waals surface area contributed by atoms with Crippen LogP contribution in [0.1, 0.15) is 44.6 Å². The zero-order chi connectivity index (χ0) is 18.8. The van der Waals surface area contributed by atoms with Crippen LogP contribution in [0.25, 0.3) is 0 Å². The normalized spacial score (nSPS) is 17.0. The Balaban J connectivity index is 0.000000251. The minimum Gasteiger partial charge on any atom is -0.508 e. The third-order valence-electron chi connectivity index (χ3n) is 4.17. The minimum absolute atomic E-state index is 0.160. The molecule has 0 spiro atoms. The number of phenolic OH excluding ortho intramolecular Hbond substituents is 1. The summed E-state index contributed by atoms with van der Waals surface area (Å²) in [5.74, 6) is -1.61. The molecule has 0 bridgehead atoms. The van der Waals surface area contributed by atoms with Crippen LogP contribution in [0, 0.1) is 0 Å². The fourth-order valence-corrected chi connectivity index (χ4v) is 2.67. The van der Waals surface area contributed by atoms with Gasteiger partial charge in [0.05, 0.1) is 0 Å². The number of nitrogens with one attached hydrogen (secondary N) is 1. The van der Waals surface area contributed by atoms with Crippen LogP contribution in [0.3, 0.4) is 0 Å². The zero-order valence-electron chi connectivity index (χ0n) is 14.5. The molecule has 7 heteroatoms. The average molecular weight is 352 g/mol. The number of aromatic hydroxyl groups is 1. The number of carboxylic acids is 2. The Bertz CT molecular complexity index is 541. The van der Waals surface area contributed by atoms with Crippen molar-refractivity contribution in [2.45, 2.75) is 63.6 Å². The van der Waals surface area contributed by atoms with Crippen LogP contribution in [0.5, 0.6) is 5.75 Å². The Morgan fingerprint density at radius 1 is 1.12 bits per heavy atom. The Labute approximate surface area is 147 Å². The summed E-state index contributed by atoms with van der Waals surface area (Å²) in [4.78, 5) is 20.9. The van der Waals surface area contributed by atoms with Gasteiger partial charge in [-0.2, -0.15) is 0 Å². The molecule has 1 aromatic rings. The molecule has 1 saturated carbocycles. The number of nitrogens with two attached hydrogens (primary N) is 1. The number of carbonyl (C=O) groups is 2. The lowest BCUT2D eigenvalue weighted by Crippen LogP contribution is -2.42. The summed E-state index contributed by atoms with van der Waals surface area (Å²) in [6.45, 7) is 1.71. The van der Waals surface area contributed by atoms with Crippen LogP contribution < -0.4 is 11.1 Å². The highest BCUT2D eigenvalue weighted by molar-refractivity contribution is 5.73. The number of hydrogen-bond acceptors (Lipinski definition) is 5. The summed E-state index contributed by atoms with van der Waals surface area (Å²) < 4.78 is 0. The van der Waals surface area contributed by atoms with Crippen LogP contribution in [-0.2, 0) is 16.0 Å². The second-order valence-corrected chi connectivity index (χ2v) is 6.38. The number of benzene rings is 1. The van der Waals surface area contributed by atoms with Gasteiger partial charge < -0.3 is 26.4 Å². The summed E-state index contributed by atoms with van der Waals surface area (Å²) in [6.07, 6.45) is 6.33. The molecule has 6 N–H and O–H groups in total. The maximum Gasteiger partial charge on any atom is 0.320 e. The second-order valence-electron chi connectivity index (χ2n) is 6.38. The van der Waals surface area contributed by atoms with E-state index in [1.807, 2.05) is 0 Å². The van der Waals surface area contributed by atoms with Gasteiger partial charge in [0.2, 0.25) is 0 Å². The predicted octanol–water partition coefficient (Wildman–Crippen LogP) is 1.73. The Kier molecular flexibility index (Phi) is 8.94. The Hall–Kier alpha value is -2.12. The van der Waals surface area contributed by atoms with E-state index in [0.717, 1.165) is 18.4 Å². The molecular formula is C18H28N2O5. The van der Waals surface area contributed by atoms with Gasteiger partial charge >= 0.3 is 11.9 Å². The number of carboxylic acid groups (broad SMARTS) is 2. The minimum atomic E-state index is -1.02. The van der Waals surface area contributed by atoms with Gasteiger partial charge in [0.15, 0.2) is 0 Å². The summed E-state index contributed by atoms with van der Waals surface area (Å²) in [5.41, 5.74) is 6.12. The summed E-state index contributed by atoms with van der Waals surface area (Å²) >= 11 is 0. The first-order chi connectivity index (χ1) is 11.8. The van der Waals surface area contributed by atoms with Gasteiger partial charge in [-0.3, -0.25) is 9.59 Å². The van der Waals surface area contributed by atoms with Gasteiger partial charge in [0, 0.05) is 6.04 Å². The highest BCUT2D eigenvalue weighted by Gasteiger charge is 2.18. The van der Waals surface area contributed by atoms with Crippen molar-refractivity contribution in [3.05, 3.63) is 29.8 Å². The molecule has 0 saturated heterocycles. The van der Waals surface area contributed by atoms with Crippen LogP contribution in [0.15, 0.2) is 24.3 Å². The lowest BCUT2D eigenvalue weighted by Gasteiger charge is -2.24. The smallest absolute Gasteiger partial charge is 0.320 e. The average Bonchev–Trinajstić information content (AvgIpc) is 2.58. The number of aliphatic carboxylic acids is 2. The monoisotopic (exact) mass is 352 g/mol. The molecule has 7 nitrogen and oxygen atoms in total. The van der Waals surface area contributed by atoms with E-state index in [4.69, 9.17) is 21.1 Å². The molecule has 1 aliphatic rings. The van der Waals surface area contributed by atoms with Gasteiger partial charge in [0.1, 0.15) is 17.8 Å². The molecule has 2 atom stereocenters. The van der Waals surface area contributed by atoms with E-state index in [-0.39, 0.29) is 12.2 Å². The van der Waals surface area contributed by atoms with Gasteiger partial charge in [-0.15, -0.1) is 0 Å². The van der Waals surface area contributed by atoms with Crippen LogP contribution >= 0.6 is 0 Å². The molecule has 1 aromatic carbocycles. The van der Waals surface area contributed by atoms with E-state index in [1.54, 1.807) is 19.1 Å². The largest absolute Gasteiger partial charge is 0.508 e. The Morgan fingerprint density at radius 3 is 2.16 bits per heavy atom. The van der Waals surface area contributed by atoms with E-state index in [0.29, 0.717) is 6.04 Å². The first-order valence-corrected chi connectivity index (χ1v) is 8.54. The third kappa shape index (κ3) is 8.51. The molecule has 140 valence electrons. The van der Waals surface area contributed by atoms with Crippen molar-refractivity contribution in [2.75, 3.05) is 0 Å². The highest BCUT2D eigenvalue weighted by Crippen LogP contribution is 2.17. The fraction of sp³-hybridized carbons (Fsp3) is 0.556. The zero-order valence-corrected chi connectivity index (χ0v) is 14.5. The molecule has 0 radical (unpaired) electrons. The van der Waals surface area contributed by atoms with Crippen molar-refractivity contribution in [2.24, 2.45) is 5.73 Å². The molecule has 25 heavy (non-hydrogen) atoms. The second kappa shape index (κ2) is 10.7. The van der Waals surface area contributed by atoms with E-state index in [2.05, 4.69) is 5.32 Å². The van der Waals surface area contributed by atoms with E-state index < -0.39 is 24.0 Å². The van der Waals surface area contributed by atoms with E-state index in [1.165, 1.54) is 31.4 Å². The summed E-state index contributed by atoms with van der Waals surface area (Å²) in [7, 11) is 0. The quantitative estimate of drug-likeness (QED) is 0.526. The molecule has 2 rings (SSSR count). The summed E-state index contributed by atoms with van der Waals surface area (Å²) in [5, 5.41) is 29.2. The standard InChI is InChI=1S/C9H11NO3.C9H17NO2/c10-8(9(12)13)5-6-1-3-7(11)4-2-6;1-7(9(11)12)10-8-5-3-2-4-6-8/h1-4,8,11H,5,10H2,(H,12,13);7-8,10H,2-6H2,1H3,(H,11,12). The van der Waals surface area contributed by atoms with E-state index in [9.17, 15) is 9.59 Å². The van der Waals surface area contributed by atoms with Gasteiger partial charge in [-0.1, -0.05) is 31.4 Å². The molecule has 0 heterocycles. The molecule has 1 fully saturated rings. The van der Waals surface area contributed by atoms with Crippen LogP contribution in [0.4, 0.5) is 0 Å². The molecule has 0 aliphatic heterocycles. The predicted molar refractivity (Wildman–Crippen MR) is 94.5 cm³/mol. The highest BCUT2D eigenvalue weighted by atomic mass is 16.4. The van der Waals surface area contributed by atoms with Crippen LogP contribution in [-0.4, -0.2) is 45.4 Å². The summed E-state index contributed by atoms with van der Waals surface area (Å²) in [6, 6.07) is 5.46. The number of phenols is 1. The maximum absolute atomic E-state index is 10.5. The molecule has 1 aliphatic carbocycles. The first-order valence-electron chi connectivity index (χ1n) is 8.54. The first kappa shape index (κ1) is 20.9. The van der Waals surface area contributed by atoms with Crippen molar-refractivity contribution >= 4 is 11.9 Å². The molecule has 0 amide bonds. The molecule has 0 aromatic heterocycles. The van der Waals surface area contributed by atoms with Gasteiger partial charge in [0.25, 0.3) is 0 Å². The topological polar surface area (TPSA) is 133 Å². The van der Waals surface area contributed by atoms with Gasteiger partial charge in [-0.05, 0) is 43.9 Å².